The molecule has 10 heteroatoms. The molecule has 2 aromatic carbocycles. The van der Waals surface area contributed by atoms with Gasteiger partial charge in [-0.15, -0.1) is 22.7 Å². The molecule has 0 atom stereocenters. The Bertz CT molecular complexity index is 1680. The molecule has 0 unspecified atom stereocenters. The number of carbonyl (C=O) groups is 3. The number of hydrogen-bond donors (Lipinski definition) is 4. The minimum Gasteiger partial charge on any atom is -0.444 e. The first kappa shape index (κ1) is 32.4. The van der Waals surface area contributed by atoms with Crippen LogP contribution in [0.2, 0.25) is 0 Å². The zero-order valence-corrected chi connectivity index (χ0v) is 27.6. The van der Waals surface area contributed by atoms with Crippen LogP contribution in [-0.2, 0) is 30.4 Å². The Morgan fingerprint density at radius 1 is 0.689 bits per heavy atom. The van der Waals surface area contributed by atoms with Gasteiger partial charge in [0.1, 0.15) is 5.60 Å². The normalized spacial score (nSPS) is 12.7. The lowest BCUT2D eigenvalue weighted by atomic mass is 9.91. The standard InChI is InChI=1S/C20H24N2O3S.C15H16N2OS/c1-20(2,3)25-19(24)22-11-10-21-18(23)16-12-14-9-8-13-6-4-5-7-15(13)17(14)26-16;16-7-8-17-15(18)13-9-11-6-5-10-3-1-2-4-12(10)14(11)19-13/h4-7,12H,8-11H2,1-3H3,(H,21,23)(H,22,24);1-4,9H,5-8,16H2,(H,17,18). The predicted molar refractivity (Wildman–Crippen MR) is 182 cm³/mol. The van der Waals surface area contributed by atoms with E-state index < -0.39 is 11.7 Å². The minimum absolute atomic E-state index is 0.0117. The van der Waals surface area contributed by atoms with E-state index in [1.165, 1.54) is 54.5 Å². The number of alkyl carbamates (subject to hydrolysis) is 1. The van der Waals surface area contributed by atoms with E-state index in [0.717, 1.165) is 30.6 Å². The summed E-state index contributed by atoms with van der Waals surface area (Å²) in [6.45, 7) is 7.12. The monoisotopic (exact) mass is 644 g/mol. The van der Waals surface area contributed by atoms with Gasteiger partial charge in [-0.2, -0.15) is 0 Å². The lowest BCUT2D eigenvalue weighted by Crippen LogP contribution is -2.37. The molecule has 4 aromatic rings. The number of amides is 3. The third kappa shape index (κ3) is 8.19. The first-order chi connectivity index (χ1) is 21.6. The van der Waals surface area contributed by atoms with Crippen LogP contribution in [0.5, 0.6) is 0 Å². The van der Waals surface area contributed by atoms with Crippen LogP contribution in [0, 0.1) is 0 Å². The third-order valence-electron chi connectivity index (χ3n) is 7.43. The van der Waals surface area contributed by atoms with Crippen molar-refractivity contribution in [2.24, 2.45) is 5.73 Å². The Hall–Kier alpha value is -3.99. The number of thiophene rings is 2. The molecule has 0 saturated carbocycles. The van der Waals surface area contributed by atoms with Crippen LogP contribution in [0.15, 0.2) is 60.7 Å². The second kappa shape index (κ2) is 14.4. The van der Waals surface area contributed by atoms with Crippen molar-refractivity contribution in [3.63, 3.8) is 0 Å². The second-order valence-electron chi connectivity index (χ2n) is 12.0. The zero-order valence-electron chi connectivity index (χ0n) is 26.0. The average molecular weight is 645 g/mol. The summed E-state index contributed by atoms with van der Waals surface area (Å²) in [7, 11) is 0. The number of fused-ring (bicyclic) bond motifs is 6. The Morgan fingerprint density at radius 2 is 1.13 bits per heavy atom. The average Bonchev–Trinajstić information content (AvgIpc) is 3.67. The van der Waals surface area contributed by atoms with E-state index >= 15 is 0 Å². The summed E-state index contributed by atoms with van der Waals surface area (Å²) >= 11 is 3.12. The molecule has 8 nitrogen and oxygen atoms in total. The lowest BCUT2D eigenvalue weighted by molar-refractivity contribution is 0.0526. The maximum absolute atomic E-state index is 12.4. The van der Waals surface area contributed by atoms with Gasteiger partial charge in [-0.05, 0) is 92.0 Å². The number of nitrogens with one attached hydrogen (secondary N) is 3. The smallest absolute Gasteiger partial charge is 0.407 e. The maximum atomic E-state index is 12.4. The van der Waals surface area contributed by atoms with Gasteiger partial charge < -0.3 is 26.4 Å². The van der Waals surface area contributed by atoms with Crippen LogP contribution in [-0.4, -0.2) is 49.7 Å². The molecule has 0 fully saturated rings. The molecule has 45 heavy (non-hydrogen) atoms. The van der Waals surface area contributed by atoms with Crippen molar-refractivity contribution in [2.45, 2.75) is 52.1 Å². The Morgan fingerprint density at radius 3 is 1.62 bits per heavy atom. The van der Waals surface area contributed by atoms with E-state index in [9.17, 15) is 14.4 Å². The van der Waals surface area contributed by atoms with Crippen molar-refractivity contribution in [1.82, 2.24) is 16.0 Å². The van der Waals surface area contributed by atoms with E-state index in [0.29, 0.717) is 31.1 Å². The van der Waals surface area contributed by atoms with Gasteiger partial charge in [-0.25, -0.2) is 4.79 Å². The van der Waals surface area contributed by atoms with Crippen molar-refractivity contribution < 1.29 is 19.1 Å². The van der Waals surface area contributed by atoms with Crippen LogP contribution in [0.4, 0.5) is 4.79 Å². The van der Waals surface area contributed by atoms with Crippen LogP contribution in [0.1, 0.15) is 62.4 Å². The van der Waals surface area contributed by atoms with Crippen molar-refractivity contribution in [2.75, 3.05) is 26.2 Å². The summed E-state index contributed by atoms with van der Waals surface area (Å²) in [5, 5.41) is 8.32. The van der Waals surface area contributed by atoms with Crippen molar-refractivity contribution in [3.05, 3.63) is 92.7 Å². The van der Waals surface area contributed by atoms with E-state index in [1.54, 1.807) is 11.3 Å². The van der Waals surface area contributed by atoms with Crippen LogP contribution in [0.3, 0.4) is 0 Å². The molecule has 3 amide bonds. The molecule has 2 heterocycles. The highest BCUT2D eigenvalue weighted by atomic mass is 32.1. The number of hydrogen-bond acceptors (Lipinski definition) is 7. The molecular formula is C35H40N4O4S2. The van der Waals surface area contributed by atoms with Gasteiger partial charge in [0.25, 0.3) is 11.8 Å². The van der Waals surface area contributed by atoms with Crippen molar-refractivity contribution in [3.8, 4) is 20.9 Å². The van der Waals surface area contributed by atoms with Gasteiger partial charge >= 0.3 is 6.09 Å². The summed E-state index contributed by atoms with van der Waals surface area (Å²) in [4.78, 5) is 39.9. The molecule has 0 radical (unpaired) electrons. The van der Waals surface area contributed by atoms with Crippen molar-refractivity contribution in [1.29, 1.82) is 0 Å². The van der Waals surface area contributed by atoms with Gasteiger partial charge in [0.2, 0.25) is 0 Å². The van der Waals surface area contributed by atoms with Gasteiger partial charge in [0.15, 0.2) is 0 Å². The molecule has 5 N–H and O–H groups in total. The predicted octanol–water partition coefficient (Wildman–Crippen LogP) is 5.97. The SMILES string of the molecule is CC(C)(C)OC(=O)NCCNC(=O)c1cc2c(s1)-c1ccccc1CC2.NCCNC(=O)c1cc2c(s1)-c1ccccc1CC2. The molecule has 2 aromatic heterocycles. The number of carbonyl (C=O) groups excluding carboxylic acids is 3. The van der Waals surface area contributed by atoms with Gasteiger partial charge in [0.05, 0.1) is 9.75 Å². The van der Waals surface area contributed by atoms with Gasteiger partial charge in [0, 0.05) is 35.9 Å². The topological polar surface area (TPSA) is 123 Å². The maximum Gasteiger partial charge on any atom is 0.407 e. The quantitative estimate of drug-likeness (QED) is 0.185. The van der Waals surface area contributed by atoms with Gasteiger partial charge in [-0.3, -0.25) is 9.59 Å². The van der Waals surface area contributed by atoms with Crippen LogP contribution >= 0.6 is 22.7 Å². The van der Waals surface area contributed by atoms with E-state index in [1.807, 2.05) is 39.0 Å². The highest BCUT2D eigenvalue weighted by molar-refractivity contribution is 7.18. The highest BCUT2D eigenvalue weighted by Gasteiger charge is 2.22. The fraction of sp³-hybridized carbons (Fsp3) is 0.343. The third-order valence-corrected chi connectivity index (χ3v) is 9.84. The lowest BCUT2D eigenvalue weighted by Gasteiger charge is -2.19. The summed E-state index contributed by atoms with van der Waals surface area (Å²) < 4.78 is 5.16. The van der Waals surface area contributed by atoms with Gasteiger partial charge in [-0.1, -0.05) is 48.5 Å². The van der Waals surface area contributed by atoms with Crippen molar-refractivity contribution >= 4 is 40.6 Å². The Balaban J connectivity index is 0.000000186. The molecule has 0 bridgehead atoms. The fourth-order valence-corrected chi connectivity index (χ4v) is 7.76. The number of aryl methyl sites for hydroxylation is 4. The molecule has 0 aliphatic heterocycles. The Labute approximate surface area is 272 Å². The molecule has 6 rings (SSSR count). The number of rotatable bonds is 7. The second-order valence-corrected chi connectivity index (χ2v) is 14.1. The number of benzene rings is 2. The largest absolute Gasteiger partial charge is 0.444 e. The molecular weight excluding hydrogens is 605 g/mol. The fourth-order valence-electron chi connectivity index (χ4n) is 5.38. The highest BCUT2D eigenvalue weighted by Crippen LogP contribution is 2.40. The first-order valence-electron chi connectivity index (χ1n) is 15.3. The zero-order chi connectivity index (χ0) is 32.0. The first-order valence-corrected chi connectivity index (χ1v) is 16.9. The summed E-state index contributed by atoms with van der Waals surface area (Å²) in [5.41, 5.74) is 12.7. The van der Waals surface area contributed by atoms with E-state index in [4.69, 9.17) is 10.5 Å². The summed E-state index contributed by atoms with van der Waals surface area (Å²) in [6, 6.07) is 20.8. The number of ether oxygens (including phenoxy) is 1. The van der Waals surface area contributed by atoms with E-state index in [2.05, 4.69) is 58.4 Å². The molecule has 0 saturated heterocycles. The minimum atomic E-state index is -0.528. The summed E-state index contributed by atoms with van der Waals surface area (Å²) in [6.07, 6.45) is 3.59. The molecule has 0 spiro atoms. The Kier molecular flexibility index (Phi) is 10.4. The molecule has 2 aliphatic rings. The molecule has 236 valence electrons. The van der Waals surface area contributed by atoms with E-state index in [-0.39, 0.29) is 11.8 Å². The van der Waals surface area contributed by atoms with Crippen LogP contribution < -0.4 is 21.7 Å². The van der Waals surface area contributed by atoms with Crippen LogP contribution in [0.25, 0.3) is 20.9 Å². The number of nitrogens with two attached hydrogens (primary N) is 1. The summed E-state index contributed by atoms with van der Waals surface area (Å²) in [5.74, 6) is -0.116. The molecule has 2 aliphatic carbocycles.